The Morgan fingerprint density at radius 3 is 2.94 bits per heavy atom. The van der Waals surface area contributed by atoms with Gasteiger partial charge in [-0.05, 0) is 12.8 Å². The molecular weight excluding hydrogens is 220 g/mol. The van der Waals surface area contributed by atoms with Crippen LogP contribution in [-0.2, 0) is 11.2 Å². The predicted octanol–water partition coefficient (Wildman–Crippen LogP) is 0.430. The van der Waals surface area contributed by atoms with Crippen LogP contribution in [0.2, 0.25) is 0 Å². The summed E-state index contributed by atoms with van der Waals surface area (Å²) in [5, 5.41) is 12.6. The Morgan fingerprint density at radius 2 is 2.29 bits per heavy atom. The number of hydrogen-bond donors (Lipinski definition) is 3. The van der Waals surface area contributed by atoms with Crippen LogP contribution >= 0.6 is 0 Å². The molecule has 4 N–H and O–H groups in total. The van der Waals surface area contributed by atoms with Crippen LogP contribution in [0.4, 0.5) is 11.6 Å². The predicted molar refractivity (Wildman–Crippen MR) is 66.8 cm³/mol. The fourth-order valence-corrected chi connectivity index (χ4v) is 1.56. The molecule has 96 valence electrons. The topological polar surface area (TPSA) is 93.3 Å². The van der Waals surface area contributed by atoms with Gasteiger partial charge in [0.25, 0.3) is 0 Å². The Bertz CT molecular complexity index is 346. The second-order valence-corrected chi connectivity index (χ2v) is 3.76. The van der Waals surface area contributed by atoms with Gasteiger partial charge in [0.1, 0.15) is 18.0 Å². The maximum atomic E-state index is 9.49. The molecule has 0 bridgehead atoms. The van der Waals surface area contributed by atoms with Crippen LogP contribution < -0.4 is 11.1 Å². The van der Waals surface area contributed by atoms with Crippen molar-refractivity contribution in [3.05, 3.63) is 11.9 Å². The van der Waals surface area contributed by atoms with Crippen LogP contribution in [0.3, 0.4) is 0 Å². The minimum absolute atomic E-state index is 0.341. The van der Waals surface area contributed by atoms with Gasteiger partial charge in [0, 0.05) is 19.2 Å². The van der Waals surface area contributed by atoms with Crippen LogP contribution in [0.1, 0.15) is 18.9 Å². The van der Waals surface area contributed by atoms with E-state index in [1.807, 2.05) is 6.92 Å². The normalized spacial score (nSPS) is 12.4. The number of aliphatic hydroxyl groups excluding tert-OH is 1. The molecule has 0 aliphatic heterocycles. The number of aromatic nitrogens is 2. The molecule has 1 heterocycles. The first-order valence-electron chi connectivity index (χ1n) is 5.69. The molecule has 1 aromatic heterocycles. The summed E-state index contributed by atoms with van der Waals surface area (Å²) in [4.78, 5) is 8.08. The van der Waals surface area contributed by atoms with E-state index in [0.29, 0.717) is 25.4 Å². The number of nitrogens with two attached hydrogens (primary N) is 1. The Kier molecular flexibility index (Phi) is 5.65. The van der Waals surface area contributed by atoms with E-state index < -0.39 is 6.10 Å². The number of hydrogen-bond acceptors (Lipinski definition) is 6. The average molecular weight is 240 g/mol. The summed E-state index contributed by atoms with van der Waals surface area (Å²) in [6, 6.07) is 0. The third kappa shape index (κ3) is 4.16. The van der Waals surface area contributed by atoms with E-state index in [-0.39, 0.29) is 0 Å². The van der Waals surface area contributed by atoms with Gasteiger partial charge in [-0.25, -0.2) is 9.97 Å². The molecule has 0 aliphatic rings. The van der Waals surface area contributed by atoms with Gasteiger partial charge in [0.2, 0.25) is 0 Å². The van der Waals surface area contributed by atoms with Gasteiger partial charge in [-0.3, -0.25) is 0 Å². The average Bonchev–Trinajstić information content (AvgIpc) is 2.29. The molecule has 6 nitrogen and oxygen atoms in total. The van der Waals surface area contributed by atoms with E-state index in [0.717, 1.165) is 17.8 Å². The molecule has 0 amide bonds. The van der Waals surface area contributed by atoms with E-state index in [2.05, 4.69) is 15.3 Å². The van der Waals surface area contributed by atoms with Crippen LogP contribution in [0.5, 0.6) is 0 Å². The largest absolute Gasteiger partial charge is 0.391 e. The smallest absolute Gasteiger partial charge is 0.134 e. The molecule has 0 aliphatic carbocycles. The first-order valence-corrected chi connectivity index (χ1v) is 5.69. The maximum absolute atomic E-state index is 9.49. The molecule has 1 rings (SSSR count). The summed E-state index contributed by atoms with van der Waals surface area (Å²) in [6.07, 6.45) is 2.34. The molecule has 1 unspecified atom stereocenters. The minimum atomic E-state index is -0.461. The molecule has 0 saturated heterocycles. The van der Waals surface area contributed by atoms with E-state index >= 15 is 0 Å². The van der Waals surface area contributed by atoms with Crippen molar-refractivity contribution in [2.24, 2.45) is 0 Å². The molecule has 0 aromatic carbocycles. The highest BCUT2D eigenvalue weighted by Crippen LogP contribution is 2.17. The van der Waals surface area contributed by atoms with Crippen LogP contribution in [0.15, 0.2) is 6.33 Å². The van der Waals surface area contributed by atoms with Crippen molar-refractivity contribution in [2.45, 2.75) is 25.9 Å². The fraction of sp³-hybridized carbons (Fsp3) is 0.636. The van der Waals surface area contributed by atoms with Crippen molar-refractivity contribution in [1.29, 1.82) is 0 Å². The van der Waals surface area contributed by atoms with Gasteiger partial charge >= 0.3 is 0 Å². The first-order chi connectivity index (χ1) is 8.19. The fourth-order valence-electron chi connectivity index (χ4n) is 1.56. The summed E-state index contributed by atoms with van der Waals surface area (Å²) in [5.41, 5.74) is 6.66. The highest BCUT2D eigenvalue weighted by molar-refractivity contribution is 5.54. The highest BCUT2D eigenvalue weighted by atomic mass is 16.5. The number of rotatable bonds is 7. The quantitative estimate of drug-likeness (QED) is 0.640. The number of ether oxygens (including phenoxy) is 1. The summed E-state index contributed by atoms with van der Waals surface area (Å²) < 4.78 is 4.85. The van der Waals surface area contributed by atoms with E-state index in [9.17, 15) is 5.11 Å². The van der Waals surface area contributed by atoms with Crippen LogP contribution in [-0.4, -0.2) is 41.4 Å². The number of nitrogens with one attached hydrogen (secondary N) is 1. The zero-order valence-electron chi connectivity index (χ0n) is 10.3. The van der Waals surface area contributed by atoms with Crippen molar-refractivity contribution in [1.82, 2.24) is 9.97 Å². The monoisotopic (exact) mass is 240 g/mol. The lowest BCUT2D eigenvalue weighted by molar-refractivity contribution is 0.0615. The maximum Gasteiger partial charge on any atom is 0.134 e. The van der Waals surface area contributed by atoms with Crippen LogP contribution in [0.25, 0.3) is 0 Å². The molecule has 0 radical (unpaired) electrons. The minimum Gasteiger partial charge on any atom is -0.391 e. The highest BCUT2D eigenvalue weighted by Gasteiger charge is 2.08. The molecular formula is C11H20N4O2. The Morgan fingerprint density at radius 1 is 1.53 bits per heavy atom. The molecule has 0 spiro atoms. The zero-order valence-corrected chi connectivity index (χ0v) is 10.3. The molecule has 6 heteroatoms. The molecule has 1 aromatic rings. The van der Waals surface area contributed by atoms with Crippen molar-refractivity contribution in [3.63, 3.8) is 0 Å². The second-order valence-electron chi connectivity index (χ2n) is 3.76. The molecule has 1 atom stereocenters. The van der Waals surface area contributed by atoms with Gasteiger partial charge in [-0.2, -0.15) is 0 Å². The van der Waals surface area contributed by atoms with Crippen LogP contribution in [0, 0.1) is 0 Å². The lowest BCUT2D eigenvalue weighted by Crippen LogP contribution is -2.19. The Hall–Kier alpha value is -1.40. The lowest BCUT2D eigenvalue weighted by Gasteiger charge is -2.13. The van der Waals surface area contributed by atoms with Gasteiger partial charge in [-0.15, -0.1) is 0 Å². The zero-order chi connectivity index (χ0) is 12.7. The van der Waals surface area contributed by atoms with E-state index in [1.165, 1.54) is 6.33 Å². The lowest BCUT2D eigenvalue weighted by atomic mass is 10.2. The van der Waals surface area contributed by atoms with Gasteiger partial charge < -0.3 is 20.9 Å². The number of anilines is 2. The SMILES string of the molecule is CCc1c(N)ncnc1NCCC(O)COC. The Labute approximate surface area is 101 Å². The standard InChI is InChI=1S/C11H20N4O2/c1-3-9-10(12)14-7-15-11(9)13-5-4-8(16)6-17-2/h7-8,16H,3-6H2,1-2H3,(H3,12,13,14,15). The molecule has 0 saturated carbocycles. The summed E-state index contributed by atoms with van der Waals surface area (Å²) >= 11 is 0. The van der Waals surface area contributed by atoms with Crippen molar-refractivity contribution in [2.75, 3.05) is 31.3 Å². The molecule has 0 fully saturated rings. The third-order valence-corrected chi connectivity index (χ3v) is 2.46. The van der Waals surface area contributed by atoms with Crippen molar-refractivity contribution < 1.29 is 9.84 Å². The van der Waals surface area contributed by atoms with Gasteiger partial charge in [0.15, 0.2) is 0 Å². The van der Waals surface area contributed by atoms with Crippen molar-refractivity contribution >= 4 is 11.6 Å². The number of nitrogens with zero attached hydrogens (tertiary/aromatic N) is 2. The number of nitrogen functional groups attached to an aromatic ring is 1. The Balaban J connectivity index is 2.49. The third-order valence-electron chi connectivity index (χ3n) is 2.46. The summed E-state index contributed by atoms with van der Waals surface area (Å²) in [7, 11) is 1.57. The first kappa shape index (κ1) is 13.7. The summed E-state index contributed by atoms with van der Waals surface area (Å²) in [5.74, 6) is 1.24. The molecule has 17 heavy (non-hydrogen) atoms. The number of aliphatic hydroxyl groups is 1. The van der Waals surface area contributed by atoms with E-state index in [4.69, 9.17) is 10.5 Å². The van der Waals surface area contributed by atoms with Gasteiger partial charge in [-0.1, -0.05) is 6.92 Å². The van der Waals surface area contributed by atoms with Gasteiger partial charge in [0.05, 0.1) is 12.7 Å². The second kappa shape index (κ2) is 7.03. The number of methoxy groups -OCH3 is 1. The summed E-state index contributed by atoms with van der Waals surface area (Å²) in [6.45, 7) is 2.96. The van der Waals surface area contributed by atoms with Crippen molar-refractivity contribution in [3.8, 4) is 0 Å². The van der Waals surface area contributed by atoms with E-state index in [1.54, 1.807) is 7.11 Å².